The number of fused-ring (bicyclic) bond motifs is 1. The summed E-state index contributed by atoms with van der Waals surface area (Å²) < 4.78 is 0. The maximum Gasteiger partial charge on any atom is 0.0870 e. The zero-order valence-corrected chi connectivity index (χ0v) is 8.67. The number of nitrogens with zero attached hydrogens (tertiary/aromatic N) is 1. The van der Waals surface area contributed by atoms with Gasteiger partial charge in [-0.2, -0.15) is 0 Å². The Balaban J connectivity index is 2.58. The number of rotatable bonds is 0. The molecule has 0 fully saturated rings. The van der Waals surface area contributed by atoms with Crippen LogP contribution < -0.4 is 0 Å². The molecule has 1 aliphatic carbocycles. The largest absolute Gasteiger partial charge is 0.411 e. The molecular weight excluding hydrogens is 174 g/mol. The minimum absolute atomic E-state index is 0.842. The van der Waals surface area contributed by atoms with Gasteiger partial charge in [-0.05, 0) is 55.9 Å². The van der Waals surface area contributed by atoms with E-state index in [2.05, 4.69) is 31.1 Å². The number of oxime groups is 1. The molecule has 1 aliphatic rings. The van der Waals surface area contributed by atoms with Crippen molar-refractivity contribution in [1.82, 2.24) is 0 Å². The van der Waals surface area contributed by atoms with E-state index < -0.39 is 0 Å². The second-order valence-corrected chi connectivity index (χ2v) is 3.99. The first-order chi connectivity index (χ1) is 6.72. The first-order valence-electron chi connectivity index (χ1n) is 5.04. The van der Waals surface area contributed by atoms with Crippen LogP contribution in [0, 0.1) is 13.8 Å². The summed E-state index contributed by atoms with van der Waals surface area (Å²) in [6.45, 7) is 4.22. The van der Waals surface area contributed by atoms with Crippen LogP contribution in [0.25, 0.3) is 0 Å². The van der Waals surface area contributed by atoms with Gasteiger partial charge in [-0.15, -0.1) is 0 Å². The molecule has 0 bridgehead atoms. The summed E-state index contributed by atoms with van der Waals surface area (Å²) in [5, 5.41) is 12.3. The fraction of sp³-hybridized carbons (Fsp3) is 0.417. The van der Waals surface area contributed by atoms with Crippen LogP contribution in [0.1, 0.15) is 35.1 Å². The lowest BCUT2D eigenvalue weighted by atomic mass is 9.87. The molecule has 0 spiro atoms. The van der Waals surface area contributed by atoms with Crippen LogP contribution in [0.5, 0.6) is 0 Å². The van der Waals surface area contributed by atoms with E-state index in [1.807, 2.05) is 0 Å². The van der Waals surface area contributed by atoms with E-state index in [1.54, 1.807) is 0 Å². The summed E-state index contributed by atoms with van der Waals surface area (Å²) in [6.07, 6.45) is 3.09. The van der Waals surface area contributed by atoms with Crippen molar-refractivity contribution in [2.45, 2.75) is 33.1 Å². The van der Waals surface area contributed by atoms with Crippen LogP contribution in [0.4, 0.5) is 0 Å². The summed E-state index contributed by atoms with van der Waals surface area (Å²) in [4.78, 5) is 0. The Hall–Kier alpha value is -1.31. The Morgan fingerprint density at radius 3 is 2.57 bits per heavy atom. The van der Waals surface area contributed by atoms with E-state index in [4.69, 9.17) is 5.21 Å². The molecule has 0 atom stereocenters. The van der Waals surface area contributed by atoms with Crippen LogP contribution in [0.3, 0.4) is 0 Å². The molecule has 0 radical (unpaired) electrons. The van der Waals surface area contributed by atoms with Gasteiger partial charge in [0.05, 0.1) is 5.71 Å². The molecule has 14 heavy (non-hydrogen) atoms. The maximum absolute atomic E-state index is 8.89. The number of aryl methyl sites for hydroxylation is 3. The van der Waals surface area contributed by atoms with Gasteiger partial charge < -0.3 is 5.21 Å². The van der Waals surface area contributed by atoms with E-state index in [9.17, 15) is 0 Å². The van der Waals surface area contributed by atoms with Crippen LogP contribution >= 0.6 is 0 Å². The van der Waals surface area contributed by atoms with Crippen LogP contribution in [0.15, 0.2) is 17.3 Å². The molecule has 0 heterocycles. The Bertz CT molecular complexity index is 394. The van der Waals surface area contributed by atoms with Gasteiger partial charge in [0, 0.05) is 5.56 Å². The van der Waals surface area contributed by atoms with Crippen molar-refractivity contribution in [2.75, 3.05) is 0 Å². The molecule has 1 N–H and O–H groups in total. The molecule has 74 valence electrons. The lowest BCUT2D eigenvalue weighted by Gasteiger charge is -2.18. The zero-order chi connectivity index (χ0) is 10.1. The third-order valence-electron chi connectivity index (χ3n) is 3.01. The predicted molar refractivity (Wildman–Crippen MR) is 57.2 cm³/mol. The van der Waals surface area contributed by atoms with Crippen molar-refractivity contribution in [3.63, 3.8) is 0 Å². The standard InChI is InChI=1S/C12H15NO/c1-8-6-10-4-3-5-12(13-14)11(10)7-9(8)2/h6-7,14H,3-5H2,1-2H3. The first kappa shape index (κ1) is 9.25. The first-order valence-corrected chi connectivity index (χ1v) is 5.04. The molecule has 2 heteroatoms. The molecule has 0 saturated carbocycles. The van der Waals surface area contributed by atoms with Crippen molar-refractivity contribution in [3.8, 4) is 0 Å². The fourth-order valence-corrected chi connectivity index (χ4v) is 2.04. The molecule has 0 saturated heterocycles. The Labute approximate surface area is 84.3 Å². The average molecular weight is 189 g/mol. The van der Waals surface area contributed by atoms with E-state index in [-0.39, 0.29) is 0 Å². The molecule has 2 nitrogen and oxygen atoms in total. The van der Waals surface area contributed by atoms with Crippen molar-refractivity contribution >= 4 is 5.71 Å². The lowest BCUT2D eigenvalue weighted by Crippen LogP contribution is -2.12. The molecule has 1 aromatic carbocycles. The van der Waals surface area contributed by atoms with E-state index in [0.29, 0.717) is 0 Å². The van der Waals surface area contributed by atoms with Crippen molar-refractivity contribution in [1.29, 1.82) is 0 Å². The number of hydrogen-bond donors (Lipinski definition) is 1. The lowest BCUT2D eigenvalue weighted by molar-refractivity contribution is 0.317. The summed E-state index contributed by atoms with van der Waals surface area (Å²) in [7, 11) is 0. The minimum Gasteiger partial charge on any atom is -0.411 e. The fourth-order valence-electron chi connectivity index (χ4n) is 2.04. The SMILES string of the molecule is Cc1cc2c(cc1C)C(=NO)CCC2. The van der Waals surface area contributed by atoms with Crippen molar-refractivity contribution in [2.24, 2.45) is 5.16 Å². The molecule has 0 aliphatic heterocycles. The van der Waals surface area contributed by atoms with E-state index in [0.717, 1.165) is 30.5 Å². The highest BCUT2D eigenvalue weighted by molar-refractivity contribution is 6.02. The molecule has 0 amide bonds. The maximum atomic E-state index is 8.89. The molecule has 0 aromatic heterocycles. The smallest absolute Gasteiger partial charge is 0.0870 e. The van der Waals surface area contributed by atoms with Gasteiger partial charge in [-0.25, -0.2) is 0 Å². The van der Waals surface area contributed by atoms with Gasteiger partial charge in [0.2, 0.25) is 0 Å². The monoisotopic (exact) mass is 189 g/mol. The predicted octanol–water partition coefficient (Wildman–Crippen LogP) is 2.82. The second kappa shape index (κ2) is 3.45. The topological polar surface area (TPSA) is 32.6 Å². The summed E-state index contributed by atoms with van der Waals surface area (Å²) in [6, 6.07) is 4.36. The highest BCUT2D eigenvalue weighted by atomic mass is 16.4. The van der Waals surface area contributed by atoms with E-state index >= 15 is 0 Å². The molecule has 1 aromatic rings. The normalized spacial score (nSPS) is 18.3. The molecule has 2 rings (SSSR count). The summed E-state index contributed by atoms with van der Waals surface area (Å²) >= 11 is 0. The van der Waals surface area contributed by atoms with Gasteiger partial charge in [0.15, 0.2) is 0 Å². The third kappa shape index (κ3) is 1.41. The molecule has 0 unspecified atom stereocenters. The van der Waals surface area contributed by atoms with Gasteiger partial charge in [0.25, 0.3) is 0 Å². The highest BCUT2D eigenvalue weighted by Crippen LogP contribution is 2.24. The minimum atomic E-state index is 0.842. The Morgan fingerprint density at radius 1 is 1.14 bits per heavy atom. The van der Waals surface area contributed by atoms with Crippen molar-refractivity contribution in [3.05, 3.63) is 34.4 Å². The third-order valence-corrected chi connectivity index (χ3v) is 3.01. The van der Waals surface area contributed by atoms with Gasteiger partial charge in [0.1, 0.15) is 0 Å². The molecular formula is C12H15NO. The van der Waals surface area contributed by atoms with Gasteiger partial charge in [-0.3, -0.25) is 0 Å². The Morgan fingerprint density at radius 2 is 1.86 bits per heavy atom. The van der Waals surface area contributed by atoms with Crippen LogP contribution in [-0.2, 0) is 6.42 Å². The van der Waals surface area contributed by atoms with Gasteiger partial charge in [-0.1, -0.05) is 11.2 Å². The van der Waals surface area contributed by atoms with Crippen molar-refractivity contribution < 1.29 is 5.21 Å². The second-order valence-electron chi connectivity index (χ2n) is 3.99. The number of hydrogen-bond acceptors (Lipinski definition) is 2. The summed E-state index contributed by atoms with van der Waals surface area (Å²) in [5.74, 6) is 0. The average Bonchev–Trinajstić information content (AvgIpc) is 2.19. The Kier molecular flexibility index (Phi) is 2.28. The van der Waals surface area contributed by atoms with Crippen LogP contribution in [0.2, 0.25) is 0 Å². The number of benzene rings is 1. The van der Waals surface area contributed by atoms with Gasteiger partial charge >= 0.3 is 0 Å². The highest BCUT2D eigenvalue weighted by Gasteiger charge is 2.16. The zero-order valence-electron chi connectivity index (χ0n) is 8.67. The van der Waals surface area contributed by atoms with E-state index in [1.165, 1.54) is 16.7 Å². The quantitative estimate of drug-likeness (QED) is 0.494. The van der Waals surface area contributed by atoms with Crippen LogP contribution in [-0.4, -0.2) is 10.9 Å². The summed E-state index contributed by atoms with van der Waals surface area (Å²) in [5.41, 5.74) is 5.90.